The summed E-state index contributed by atoms with van der Waals surface area (Å²) >= 11 is 0. The van der Waals surface area contributed by atoms with Crippen molar-refractivity contribution in [1.82, 2.24) is 20.4 Å². The summed E-state index contributed by atoms with van der Waals surface area (Å²) in [6.07, 6.45) is 1.54. The molecule has 1 aromatic carbocycles. The topological polar surface area (TPSA) is 88.5 Å². The fourth-order valence-corrected chi connectivity index (χ4v) is 3.30. The zero-order valence-electron chi connectivity index (χ0n) is 16.9. The lowest BCUT2D eigenvalue weighted by Gasteiger charge is -2.35. The van der Waals surface area contributed by atoms with Crippen molar-refractivity contribution < 1.29 is 9.59 Å². The highest BCUT2D eigenvalue weighted by atomic mass is 16.2. The van der Waals surface area contributed by atoms with Gasteiger partial charge in [-0.2, -0.15) is 5.26 Å². The summed E-state index contributed by atoms with van der Waals surface area (Å²) in [7, 11) is 0. The number of amides is 3. The molecule has 152 valence electrons. The predicted molar refractivity (Wildman–Crippen MR) is 109 cm³/mol. The normalized spacial score (nSPS) is 15.7. The maximum atomic E-state index is 12.6. The van der Waals surface area contributed by atoms with Gasteiger partial charge in [0.1, 0.15) is 12.6 Å². The molecule has 1 aliphatic heterocycles. The highest BCUT2D eigenvalue weighted by Crippen LogP contribution is 2.09. The van der Waals surface area contributed by atoms with Gasteiger partial charge in [0.2, 0.25) is 5.91 Å². The fourth-order valence-electron chi connectivity index (χ4n) is 3.30. The molecule has 0 spiro atoms. The van der Waals surface area contributed by atoms with E-state index < -0.39 is 6.04 Å². The molecule has 1 heterocycles. The maximum absolute atomic E-state index is 12.6. The molecule has 7 heteroatoms. The summed E-state index contributed by atoms with van der Waals surface area (Å²) < 4.78 is 0. The first-order valence-electron chi connectivity index (χ1n) is 9.96. The molecule has 0 bridgehead atoms. The number of hydrogen-bond donors (Lipinski definition) is 2. The molecular weight excluding hydrogens is 354 g/mol. The highest BCUT2D eigenvalue weighted by molar-refractivity contribution is 5.87. The quantitative estimate of drug-likeness (QED) is 0.666. The molecule has 28 heavy (non-hydrogen) atoms. The smallest absolute Gasteiger partial charge is 0.318 e. The Hall–Kier alpha value is -2.59. The van der Waals surface area contributed by atoms with Gasteiger partial charge in [0.05, 0.1) is 6.07 Å². The molecule has 2 rings (SSSR count). The Kier molecular flexibility index (Phi) is 8.76. The van der Waals surface area contributed by atoms with Crippen LogP contribution < -0.4 is 10.6 Å². The van der Waals surface area contributed by atoms with E-state index in [-0.39, 0.29) is 24.4 Å². The van der Waals surface area contributed by atoms with Gasteiger partial charge < -0.3 is 15.5 Å². The first-order valence-corrected chi connectivity index (χ1v) is 9.96. The fraction of sp³-hybridized carbons (Fsp3) is 0.571. The van der Waals surface area contributed by atoms with Crippen molar-refractivity contribution in [3.63, 3.8) is 0 Å². The van der Waals surface area contributed by atoms with Crippen LogP contribution >= 0.6 is 0 Å². The molecule has 7 nitrogen and oxygen atoms in total. The van der Waals surface area contributed by atoms with Crippen molar-refractivity contribution in [2.45, 2.75) is 32.7 Å². The number of carbonyl (C=O) groups excluding carboxylic acids is 2. The lowest BCUT2D eigenvalue weighted by molar-refractivity contribution is -0.123. The van der Waals surface area contributed by atoms with Gasteiger partial charge in [-0.1, -0.05) is 44.2 Å². The van der Waals surface area contributed by atoms with Gasteiger partial charge in [0, 0.05) is 32.7 Å². The van der Waals surface area contributed by atoms with Crippen LogP contribution in [0.1, 0.15) is 25.8 Å². The molecule has 2 N–H and O–H groups in total. The minimum Gasteiger partial charge on any atom is -0.341 e. The number of nitrogens with one attached hydrogen (secondary N) is 2. The van der Waals surface area contributed by atoms with E-state index in [9.17, 15) is 9.59 Å². The Bertz CT molecular complexity index is 663. The number of hydrogen-bond acceptors (Lipinski definition) is 4. The average Bonchev–Trinajstić information content (AvgIpc) is 2.70. The number of piperazine rings is 1. The number of nitriles is 1. The van der Waals surface area contributed by atoms with Crippen LogP contribution in [0.25, 0.3) is 0 Å². The molecule has 0 saturated carbocycles. The third-order valence-corrected chi connectivity index (χ3v) is 4.88. The number of nitrogens with zero attached hydrogens (tertiary/aromatic N) is 3. The SMILES string of the molecule is CC(C)C[C@H](NC(=O)N1CCN(CCc2ccccc2)CC1)C(=O)NCC#N. The standard InChI is InChI=1S/C21H31N5O2/c1-17(2)16-19(20(27)23-10-9-22)24-21(28)26-14-12-25(13-15-26)11-8-18-6-4-3-5-7-18/h3-7,17,19H,8,10-16H2,1-2H3,(H,23,27)(H,24,28)/t19-/m0/s1. The molecule has 1 aliphatic rings. The lowest BCUT2D eigenvalue weighted by atomic mass is 10.0. The van der Waals surface area contributed by atoms with E-state index in [4.69, 9.17) is 5.26 Å². The number of urea groups is 1. The lowest BCUT2D eigenvalue weighted by Crippen LogP contribution is -2.56. The van der Waals surface area contributed by atoms with Crippen LogP contribution in [0.15, 0.2) is 30.3 Å². The Morgan fingerprint density at radius 3 is 2.43 bits per heavy atom. The Morgan fingerprint density at radius 1 is 1.14 bits per heavy atom. The third kappa shape index (κ3) is 7.20. The second-order valence-corrected chi connectivity index (χ2v) is 7.57. The maximum Gasteiger partial charge on any atom is 0.318 e. The Balaban J connectivity index is 1.79. The molecular formula is C21H31N5O2. The van der Waals surface area contributed by atoms with Crippen LogP contribution in [0.5, 0.6) is 0 Å². The van der Waals surface area contributed by atoms with Crippen molar-refractivity contribution in [3.05, 3.63) is 35.9 Å². The van der Waals surface area contributed by atoms with Gasteiger partial charge in [-0.3, -0.25) is 9.69 Å². The van der Waals surface area contributed by atoms with Crippen molar-refractivity contribution in [2.24, 2.45) is 5.92 Å². The van der Waals surface area contributed by atoms with Gasteiger partial charge in [-0.15, -0.1) is 0 Å². The second-order valence-electron chi connectivity index (χ2n) is 7.57. The van der Waals surface area contributed by atoms with E-state index in [0.29, 0.717) is 19.5 Å². The first kappa shape index (κ1) is 21.7. The molecule has 3 amide bonds. The summed E-state index contributed by atoms with van der Waals surface area (Å²) in [5.74, 6) is -0.0435. The summed E-state index contributed by atoms with van der Waals surface area (Å²) in [5, 5.41) is 14.0. The van der Waals surface area contributed by atoms with E-state index in [0.717, 1.165) is 26.1 Å². The molecule has 0 aromatic heterocycles. The zero-order chi connectivity index (χ0) is 20.4. The third-order valence-electron chi connectivity index (χ3n) is 4.88. The molecule has 1 fully saturated rings. The summed E-state index contributed by atoms with van der Waals surface area (Å²) in [4.78, 5) is 29.0. The minimum atomic E-state index is -0.614. The number of rotatable bonds is 8. The largest absolute Gasteiger partial charge is 0.341 e. The molecule has 0 unspecified atom stereocenters. The van der Waals surface area contributed by atoms with E-state index in [2.05, 4.69) is 39.8 Å². The van der Waals surface area contributed by atoms with Crippen molar-refractivity contribution in [1.29, 1.82) is 5.26 Å². The second kappa shape index (κ2) is 11.3. The van der Waals surface area contributed by atoms with E-state index in [1.807, 2.05) is 26.0 Å². The molecule has 0 radical (unpaired) electrons. The van der Waals surface area contributed by atoms with Crippen LogP contribution in [0, 0.1) is 17.2 Å². The number of carbonyl (C=O) groups is 2. The van der Waals surface area contributed by atoms with Crippen LogP contribution in [0.2, 0.25) is 0 Å². The van der Waals surface area contributed by atoms with Crippen LogP contribution in [0.4, 0.5) is 4.79 Å². The predicted octanol–water partition coefficient (Wildman–Crippen LogP) is 1.61. The van der Waals surface area contributed by atoms with E-state index >= 15 is 0 Å². The number of benzene rings is 1. The van der Waals surface area contributed by atoms with Gasteiger partial charge in [0.25, 0.3) is 0 Å². The van der Waals surface area contributed by atoms with Gasteiger partial charge in [-0.05, 0) is 24.3 Å². The van der Waals surface area contributed by atoms with Gasteiger partial charge in [-0.25, -0.2) is 4.79 Å². The summed E-state index contributed by atoms with van der Waals surface area (Å²) in [5.41, 5.74) is 1.32. The summed E-state index contributed by atoms with van der Waals surface area (Å²) in [6, 6.07) is 11.5. The van der Waals surface area contributed by atoms with Crippen LogP contribution in [-0.4, -0.2) is 67.0 Å². The molecule has 0 aliphatic carbocycles. The Labute approximate surface area is 167 Å². The van der Waals surface area contributed by atoms with Crippen molar-refractivity contribution in [3.8, 4) is 6.07 Å². The minimum absolute atomic E-state index is 0.0522. The monoisotopic (exact) mass is 385 g/mol. The van der Waals surface area contributed by atoms with Crippen molar-refractivity contribution >= 4 is 11.9 Å². The van der Waals surface area contributed by atoms with Gasteiger partial charge >= 0.3 is 6.03 Å². The van der Waals surface area contributed by atoms with Crippen LogP contribution in [-0.2, 0) is 11.2 Å². The van der Waals surface area contributed by atoms with Crippen LogP contribution in [0.3, 0.4) is 0 Å². The van der Waals surface area contributed by atoms with E-state index in [1.165, 1.54) is 5.56 Å². The zero-order valence-corrected chi connectivity index (χ0v) is 16.9. The Morgan fingerprint density at radius 2 is 1.82 bits per heavy atom. The highest BCUT2D eigenvalue weighted by Gasteiger charge is 2.26. The first-order chi connectivity index (χ1) is 13.5. The molecule has 1 aromatic rings. The van der Waals surface area contributed by atoms with E-state index in [1.54, 1.807) is 4.90 Å². The van der Waals surface area contributed by atoms with Gasteiger partial charge in [0.15, 0.2) is 0 Å². The van der Waals surface area contributed by atoms with Crippen molar-refractivity contribution in [2.75, 3.05) is 39.3 Å². The molecule has 1 atom stereocenters. The summed E-state index contributed by atoms with van der Waals surface area (Å²) in [6.45, 7) is 7.88. The molecule has 1 saturated heterocycles. The average molecular weight is 386 g/mol.